The smallest absolute Gasteiger partial charge is 0.293 e. The van der Waals surface area contributed by atoms with Crippen LogP contribution < -0.4 is 10.5 Å². The number of aromatic nitrogens is 1. The standard InChI is InChI=1S/C30H33F2N5O2S/c1-3-5-9-23-10-6-11-27(28(23)33)40(39)35-26-13-12-24(19-25(26)30(31,32)4-2)29(38)37-17-15-36(16-18-37)21-22-8-7-14-34-20-22/h4-14,19-20,35H,2-3,15-18,21,33H2,1H3/b9-5-. The average molecular weight is 566 g/mol. The van der Waals surface area contributed by atoms with Crippen molar-refractivity contribution in [2.45, 2.75) is 30.7 Å². The van der Waals surface area contributed by atoms with Crippen molar-refractivity contribution in [3.63, 3.8) is 0 Å². The van der Waals surface area contributed by atoms with Crippen molar-refractivity contribution in [3.05, 3.63) is 102 Å². The number of carbonyl (C=O) groups is 1. The third kappa shape index (κ3) is 6.81. The van der Waals surface area contributed by atoms with Crippen LogP contribution in [0.15, 0.2) is 84.6 Å². The van der Waals surface area contributed by atoms with E-state index < -0.39 is 22.5 Å². The van der Waals surface area contributed by atoms with Gasteiger partial charge in [-0.3, -0.25) is 14.7 Å². The van der Waals surface area contributed by atoms with Crippen molar-refractivity contribution in [1.82, 2.24) is 14.8 Å². The number of pyridine rings is 1. The number of alkyl halides is 2. The summed E-state index contributed by atoms with van der Waals surface area (Å²) in [6.45, 7) is 8.22. The number of hydrogen-bond acceptors (Lipinski definition) is 5. The van der Waals surface area contributed by atoms with Crippen molar-refractivity contribution in [2.24, 2.45) is 0 Å². The van der Waals surface area contributed by atoms with Gasteiger partial charge in [0.2, 0.25) is 0 Å². The molecule has 1 fully saturated rings. The zero-order valence-corrected chi connectivity index (χ0v) is 23.2. The number of halogens is 2. The Bertz CT molecular complexity index is 1410. The van der Waals surface area contributed by atoms with Gasteiger partial charge in [0, 0.05) is 56.2 Å². The highest BCUT2D eigenvalue weighted by atomic mass is 32.2. The Morgan fingerprint density at radius 1 is 1.18 bits per heavy atom. The van der Waals surface area contributed by atoms with Crippen LogP contribution in [0.5, 0.6) is 0 Å². The van der Waals surface area contributed by atoms with Gasteiger partial charge in [-0.25, -0.2) is 4.21 Å². The number of nitrogen functional groups attached to an aromatic ring is 1. The van der Waals surface area contributed by atoms with Crippen LogP contribution in [0.2, 0.25) is 0 Å². The maximum Gasteiger partial charge on any atom is 0.293 e. The summed E-state index contributed by atoms with van der Waals surface area (Å²) in [7, 11) is -1.93. The van der Waals surface area contributed by atoms with Gasteiger partial charge >= 0.3 is 0 Å². The lowest BCUT2D eigenvalue weighted by molar-refractivity contribution is 0.0530. The molecule has 3 aromatic rings. The van der Waals surface area contributed by atoms with Crippen molar-refractivity contribution in [1.29, 1.82) is 0 Å². The molecule has 0 aliphatic carbocycles. The second-order valence-electron chi connectivity index (χ2n) is 9.46. The summed E-state index contributed by atoms with van der Waals surface area (Å²) in [5.41, 5.74) is 7.86. The number of hydrogen-bond donors (Lipinski definition) is 2. The first kappa shape index (κ1) is 29.1. The number of carbonyl (C=O) groups excluding carboxylic acids is 1. The van der Waals surface area contributed by atoms with Crippen LogP contribution in [0.25, 0.3) is 6.08 Å². The molecule has 0 bridgehead atoms. The molecule has 3 N–H and O–H groups in total. The molecular weight excluding hydrogens is 532 g/mol. The van der Waals surface area contributed by atoms with Gasteiger partial charge in [0.1, 0.15) is 0 Å². The number of rotatable bonds is 10. The molecule has 1 saturated heterocycles. The zero-order chi connectivity index (χ0) is 28.7. The molecule has 2 aromatic carbocycles. The van der Waals surface area contributed by atoms with Gasteiger partial charge < -0.3 is 15.4 Å². The van der Waals surface area contributed by atoms with Gasteiger partial charge in [0.05, 0.1) is 16.3 Å². The minimum absolute atomic E-state index is 0.0741. The first-order valence-electron chi connectivity index (χ1n) is 13.0. The van der Waals surface area contributed by atoms with Crippen LogP contribution in [-0.2, 0) is 23.5 Å². The lowest BCUT2D eigenvalue weighted by Crippen LogP contribution is -2.48. The Morgan fingerprint density at radius 3 is 2.62 bits per heavy atom. The highest BCUT2D eigenvalue weighted by Crippen LogP contribution is 2.36. The predicted octanol–water partition coefficient (Wildman–Crippen LogP) is 5.46. The van der Waals surface area contributed by atoms with Gasteiger partial charge in [0.15, 0.2) is 11.0 Å². The summed E-state index contributed by atoms with van der Waals surface area (Å²) < 4.78 is 45.9. The monoisotopic (exact) mass is 565 g/mol. The highest BCUT2D eigenvalue weighted by molar-refractivity contribution is 7.86. The summed E-state index contributed by atoms with van der Waals surface area (Å²) >= 11 is 0. The Morgan fingerprint density at radius 2 is 1.95 bits per heavy atom. The van der Waals surface area contributed by atoms with Crippen molar-refractivity contribution in [2.75, 3.05) is 36.6 Å². The lowest BCUT2D eigenvalue weighted by Gasteiger charge is -2.35. The third-order valence-electron chi connectivity index (χ3n) is 6.71. The maximum absolute atomic E-state index is 15.0. The fraction of sp³-hybridized carbons (Fsp3) is 0.267. The van der Waals surface area contributed by atoms with Crippen molar-refractivity contribution < 1.29 is 17.8 Å². The third-order valence-corrected chi connectivity index (χ3v) is 7.87. The second-order valence-corrected chi connectivity index (χ2v) is 10.6. The number of piperazine rings is 1. The van der Waals surface area contributed by atoms with Crippen LogP contribution in [-0.4, -0.2) is 51.1 Å². The van der Waals surface area contributed by atoms with E-state index in [0.29, 0.717) is 43.5 Å². The highest BCUT2D eigenvalue weighted by Gasteiger charge is 2.33. The van der Waals surface area contributed by atoms with E-state index in [1.54, 1.807) is 29.3 Å². The Kier molecular flexibility index (Phi) is 9.44. The van der Waals surface area contributed by atoms with Crippen LogP contribution >= 0.6 is 0 Å². The molecule has 1 aliphatic rings. The molecule has 1 aliphatic heterocycles. The molecule has 0 spiro atoms. The van der Waals surface area contributed by atoms with Gasteiger partial charge in [-0.15, -0.1) is 0 Å². The minimum Gasteiger partial charge on any atom is -0.397 e. The van der Waals surface area contributed by atoms with E-state index in [4.69, 9.17) is 5.73 Å². The first-order chi connectivity index (χ1) is 19.2. The minimum atomic E-state index is -3.47. The van der Waals surface area contributed by atoms with Gasteiger partial charge in [-0.1, -0.05) is 43.9 Å². The average Bonchev–Trinajstić information content (AvgIpc) is 2.97. The first-order valence-corrected chi connectivity index (χ1v) is 14.2. The number of anilines is 2. The fourth-order valence-corrected chi connectivity index (χ4v) is 5.47. The van der Waals surface area contributed by atoms with E-state index in [2.05, 4.69) is 21.2 Å². The number of amides is 1. The Hall–Kier alpha value is -3.89. The Balaban J connectivity index is 1.52. The van der Waals surface area contributed by atoms with Crippen LogP contribution in [0.4, 0.5) is 20.2 Å². The largest absolute Gasteiger partial charge is 0.397 e. The van der Waals surface area contributed by atoms with E-state index in [1.807, 2.05) is 37.4 Å². The molecule has 1 aromatic heterocycles. The van der Waals surface area contributed by atoms with Crippen LogP contribution in [0.3, 0.4) is 0 Å². The summed E-state index contributed by atoms with van der Waals surface area (Å²) in [4.78, 5) is 21.6. The Labute approximate surface area is 236 Å². The summed E-state index contributed by atoms with van der Waals surface area (Å²) in [6, 6.07) is 12.9. The van der Waals surface area contributed by atoms with E-state index >= 15 is 0 Å². The maximum atomic E-state index is 15.0. The quantitative estimate of drug-likeness (QED) is 0.252. The van der Waals surface area contributed by atoms with E-state index in [9.17, 15) is 17.8 Å². The number of para-hydroxylation sites is 1. The van der Waals surface area contributed by atoms with Gasteiger partial charge in [-0.2, -0.15) is 8.78 Å². The molecule has 0 radical (unpaired) electrons. The molecular formula is C30H33F2N5O2S. The van der Waals surface area contributed by atoms with E-state index in [1.165, 1.54) is 12.1 Å². The number of allylic oxidation sites excluding steroid dienone is 2. The number of nitrogens with two attached hydrogens (primary N) is 1. The molecule has 4 rings (SSSR count). The van der Waals surface area contributed by atoms with Gasteiger partial charge in [0.25, 0.3) is 11.8 Å². The number of nitrogens with zero attached hydrogens (tertiary/aromatic N) is 3. The summed E-state index contributed by atoms with van der Waals surface area (Å²) in [5, 5.41) is 0. The number of benzene rings is 2. The topological polar surface area (TPSA) is 91.6 Å². The van der Waals surface area contributed by atoms with E-state index in [0.717, 1.165) is 24.6 Å². The summed E-state index contributed by atoms with van der Waals surface area (Å²) in [5.74, 6) is -3.81. The zero-order valence-electron chi connectivity index (χ0n) is 22.4. The molecule has 1 amide bonds. The van der Waals surface area contributed by atoms with Crippen molar-refractivity contribution in [3.8, 4) is 0 Å². The molecule has 40 heavy (non-hydrogen) atoms. The molecule has 2 heterocycles. The molecule has 210 valence electrons. The number of nitrogens with one attached hydrogen (secondary N) is 1. The summed E-state index contributed by atoms with van der Waals surface area (Å²) in [6.07, 6.45) is 8.60. The van der Waals surface area contributed by atoms with E-state index in [-0.39, 0.29) is 22.1 Å². The molecule has 7 nitrogen and oxygen atoms in total. The molecule has 10 heteroatoms. The fourth-order valence-electron chi connectivity index (χ4n) is 4.46. The van der Waals surface area contributed by atoms with Crippen LogP contribution in [0, 0.1) is 0 Å². The predicted molar refractivity (Wildman–Crippen MR) is 156 cm³/mol. The molecule has 1 unspecified atom stereocenters. The normalized spacial score (nSPS) is 15.2. The van der Waals surface area contributed by atoms with Crippen LogP contribution in [0.1, 0.15) is 40.4 Å². The second kappa shape index (κ2) is 13.0. The molecule has 1 atom stereocenters. The van der Waals surface area contributed by atoms with Gasteiger partial charge in [-0.05, 0) is 54.0 Å². The van der Waals surface area contributed by atoms with Crippen molar-refractivity contribution >= 4 is 34.3 Å². The lowest BCUT2D eigenvalue weighted by atomic mass is 10.0. The molecule has 0 saturated carbocycles. The SMILES string of the molecule is C=CC(F)(F)c1cc(C(=O)N2CCN(Cc3cccnc3)CC2)ccc1NS(=O)c1cccc(/C=C\CC)c1N.